The Morgan fingerprint density at radius 1 is 1.20 bits per heavy atom. The van der Waals surface area contributed by atoms with E-state index in [0.29, 0.717) is 5.46 Å². The van der Waals surface area contributed by atoms with Crippen LogP contribution in [0, 0.1) is 5.92 Å². The van der Waals surface area contributed by atoms with Crippen molar-refractivity contribution in [3.8, 4) is 0 Å². The van der Waals surface area contributed by atoms with Gasteiger partial charge >= 0.3 is 13.3 Å². The maximum absolute atomic E-state index is 13.0. The number of hydrogen-bond donors (Lipinski definition) is 1. The van der Waals surface area contributed by atoms with Crippen molar-refractivity contribution in [3.63, 3.8) is 0 Å². The Labute approximate surface area is 150 Å². The van der Waals surface area contributed by atoms with Crippen LogP contribution in [0.2, 0.25) is 0 Å². The van der Waals surface area contributed by atoms with E-state index in [1.54, 1.807) is 5.38 Å². The highest BCUT2D eigenvalue weighted by Gasteiger charge is 2.52. The molecule has 1 aromatic heterocycles. The molecule has 0 aliphatic carbocycles. The second-order valence-electron chi connectivity index (χ2n) is 7.57. The third-order valence-corrected chi connectivity index (χ3v) is 5.62. The first-order valence-electron chi connectivity index (χ1n) is 8.06. The summed E-state index contributed by atoms with van der Waals surface area (Å²) in [7, 11) is -0.647. The highest BCUT2D eigenvalue weighted by molar-refractivity contribution is 7.13. The molecule has 0 bridgehead atoms. The van der Waals surface area contributed by atoms with Crippen molar-refractivity contribution in [2.45, 2.75) is 65.0 Å². The van der Waals surface area contributed by atoms with E-state index in [1.807, 2.05) is 27.7 Å². The van der Waals surface area contributed by atoms with Gasteiger partial charge in [-0.15, -0.1) is 11.3 Å². The normalized spacial score (nSPS) is 20.8. The van der Waals surface area contributed by atoms with Crippen LogP contribution in [0.5, 0.6) is 0 Å². The van der Waals surface area contributed by atoms with Gasteiger partial charge in [0, 0.05) is 0 Å². The number of amides is 1. The first-order chi connectivity index (χ1) is 11.2. The van der Waals surface area contributed by atoms with E-state index in [9.17, 15) is 18.0 Å². The van der Waals surface area contributed by atoms with Crippen LogP contribution in [0.3, 0.4) is 0 Å². The predicted octanol–water partition coefficient (Wildman–Crippen LogP) is 3.36. The minimum atomic E-state index is -4.49. The van der Waals surface area contributed by atoms with Gasteiger partial charge in [0.15, 0.2) is 0 Å². The fourth-order valence-electron chi connectivity index (χ4n) is 2.41. The van der Waals surface area contributed by atoms with Gasteiger partial charge in [-0.3, -0.25) is 4.79 Å². The molecule has 140 valence electrons. The fourth-order valence-corrected chi connectivity index (χ4v) is 3.22. The van der Waals surface area contributed by atoms with Crippen molar-refractivity contribution in [2.75, 3.05) is 0 Å². The molecular weight excluding hydrogens is 354 g/mol. The Hall–Kier alpha value is -1.06. The minimum Gasteiger partial charge on any atom is -0.399 e. The minimum absolute atomic E-state index is 0.194. The van der Waals surface area contributed by atoms with Gasteiger partial charge in [0.05, 0.1) is 16.1 Å². The van der Waals surface area contributed by atoms with Gasteiger partial charge in [0.1, 0.15) is 6.04 Å². The van der Waals surface area contributed by atoms with Gasteiger partial charge in [-0.2, -0.15) is 13.2 Å². The van der Waals surface area contributed by atoms with Crippen molar-refractivity contribution in [3.05, 3.63) is 16.3 Å². The van der Waals surface area contributed by atoms with E-state index in [0.717, 1.165) is 11.3 Å². The molecule has 2 rings (SSSR count). The number of thiophene rings is 1. The summed E-state index contributed by atoms with van der Waals surface area (Å²) in [5.41, 5.74) is -0.427. The lowest BCUT2D eigenvalue weighted by atomic mass is 9.81. The number of carbonyl (C=O) groups excluding carboxylic acids is 1. The summed E-state index contributed by atoms with van der Waals surface area (Å²) in [5, 5.41) is 3.75. The maximum Gasteiger partial charge on any atom is 0.495 e. The number of rotatable bonds is 4. The average molecular weight is 377 g/mol. The van der Waals surface area contributed by atoms with E-state index in [4.69, 9.17) is 9.31 Å². The SMILES string of the molecule is CC(C)[C@@H](NC(=O)c1cc(B2OC(C)(C)C(C)(C)O2)cs1)C(F)(F)F. The van der Waals surface area contributed by atoms with Crippen LogP contribution in [0.25, 0.3) is 0 Å². The Bertz CT molecular complexity index is 627. The van der Waals surface area contributed by atoms with E-state index in [-0.39, 0.29) is 4.88 Å². The monoisotopic (exact) mass is 377 g/mol. The van der Waals surface area contributed by atoms with Crippen LogP contribution in [0.15, 0.2) is 11.4 Å². The number of carbonyl (C=O) groups is 1. The van der Waals surface area contributed by atoms with Crippen LogP contribution < -0.4 is 10.8 Å². The molecule has 2 heterocycles. The third kappa shape index (κ3) is 4.20. The van der Waals surface area contributed by atoms with Crippen molar-refractivity contribution in [2.24, 2.45) is 5.92 Å². The molecule has 1 fully saturated rings. The first-order valence-corrected chi connectivity index (χ1v) is 8.94. The van der Waals surface area contributed by atoms with E-state index in [2.05, 4.69) is 5.32 Å². The van der Waals surface area contributed by atoms with Crippen molar-refractivity contribution in [1.29, 1.82) is 0 Å². The van der Waals surface area contributed by atoms with Crippen molar-refractivity contribution >= 4 is 29.8 Å². The summed E-state index contributed by atoms with van der Waals surface area (Å²) >= 11 is 1.07. The molecule has 9 heteroatoms. The summed E-state index contributed by atoms with van der Waals surface area (Å²) in [5.74, 6) is -1.50. The van der Waals surface area contributed by atoms with Crippen molar-refractivity contribution in [1.82, 2.24) is 5.32 Å². The number of hydrogen-bond acceptors (Lipinski definition) is 4. The van der Waals surface area contributed by atoms with E-state index < -0.39 is 42.4 Å². The predicted molar refractivity (Wildman–Crippen MR) is 92.2 cm³/mol. The summed E-state index contributed by atoms with van der Waals surface area (Å²) in [6.45, 7) is 10.5. The molecule has 0 saturated carbocycles. The Morgan fingerprint density at radius 3 is 2.16 bits per heavy atom. The largest absolute Gasteiger partial charge is 0.495 e. The van der Waals surface area contributed by atoms with E-state index >= 15 is 0 Å². The lowest BCUT2D eigenvalue weighted by Gasteiger charge is -2.32. The van der Waals surface area contributed by atoms with Crippen LogP contribution in [0.4, 0.5) is 13.2 Å². The van der Waals surface area contributed by atoms with Crippen LogP contribution in [0.1, 0.15) is 51.2 Å². The molecule has 1 N–H and O–H groups in total. The molecule has 4 nitrogen and oxygen atoms in total. The second kappa shape index (κ2) is 6.59. The molecule has 1 saturated heterocycles. The Morgan fingerprint density at radius 2 is 1.72 bits per heavy atom. The summed E-state index contributed by atoms with van der Waals surface area (Å²) < 4.78 is 50.8. The van der Waals surface area contributed by atoms with Gasteiger partial charge < -0.3 is 14.6 Å². The van der Waals surface area contributed by atoms with E-state index in [1.165, 1.54) is 19.9 Å². The molecule has 1 aliphatic rings. The smallest absolute Gasteiger partial charge is 0.399 e. The number of nitrogens with one attached hydrogen (secondary N) is 1. The van der Waals surface area contributed by atoms with Gasteiger partial charge in [-0.25, -0.2) is 0 Å². The van der Waals surface area contributed by atoms with Crippen LogP contribution in [-0.2, 0) is 9.31 Å². The fraction of sp³-hybridized carbons (Fsp3) is 0.688. The molecule has 0 unspecified atom stereocenters. The molecular formula is C16H23BF3NO3S. The first kappa shape index (κ1) is 20.3. The zero-order valence-electron chi connectivity index (χ0n) is 15.2. The van der Waals surface area contributed by atoms with Gasteiger partial charge in [0.25, 0.3) is 5.91 Å². The lowest BCUT2D eigenvalue weighted by molar-refractivity contribution is -0.162. The van der Waals surface area contributed by atoms with Gasteiger partial charge in [-0.05, 0) is 50.5 Å². The summed E-state index contributed by atoms with van der Waals surface area (Å²) in [4.78, 5) is 12.4. The molecule has 1 amide bonds. The quantitative estimate of drug-likeness (QED) is 0.819. The summed E-state index contributed by atoms with van der Waals surface area (Å²) in [6.07, 6.45) is -4.49. The van der Waals surface area contributed by atoms with Gasteiger partial charge in [-0.1, -0.05) is 13.8 Å². The third-order valence-electron chi connectivity index (χ3n) is 4.67. The zero-order valence-corrected chi connectivity index (χ0v) is 16.0. The molecule has 0 radical (unpaired) electrons. The second-order valence-corrected chi connectivity index (χ2v) is 8.48. The van der Waals surface area contributed by atoms with Crippen molar-refractivity contribution < 1.29 is 27.3 Å². The van der Waals surface area contributed by atoms with Crippen LogP contribution >= 0.6 is 11.3 Å². The molecule has 0 aromatic carbocycles. The lowest BCUT2D eigenvalue weighted by Crippen LogP contribution is -2.48. The number of halogens is 3. The highest BCUT2D eigenvalue weighted by atomic mass is 32.1. The maximum atomic E-state index is 13.0. The Kier molecular flexibility index (Phi) is 5.34. The van der Waals surface area contributed by atoms with Crippen LogP contribution in [-0.4, -0.2) is 36.4 Å². The number of alkyl halides is 3. The zero-order chi connectivity index (χ0) is 19.2. The topological polar surface area (TPSA) is 47.6 Å². The average Bonchev–Trinajstić information content (AvgIpc) is 2.98. The molecule has 0 spiro atoms. The standard InChI is InChI=1S/C16H23BF3NO3S/c1-9(2)12(16(18,19)20)21-13(22)11-7-10(8-25-11)17-23-14(3,4)15(5,6)24-17/h7-9,12H,1-6H3,(H,21,22)/t12-/m1/s1. The molecule has 25 heavy (non-hydrogen) atoms. The molecule has 1 aromatic rings. The Balaban J connectivity index is 2.13. The van der Waals surface area contributed by atoms with Gasteiger partial charge in [0.2, 0.25) is 0 Å². The molecule has 1 aliphatic heterocycles. The highest BCUT2D eigenvalue weighted by Crippen LogP contribution is 2.36. The molecule has 1 atom stereocenters. The summed E-state index contributed by atoms with van der Waals surface area (Å²) in [6, 6.07) is -0.363.